The van der Waals surface area contributed by atoms with E-state index in [4.69, 9.17) is 4.74 Å². The molecular weight excluding hydrogens is 206 g/mol. The smallest absolute Gasteiger partial charge is 0.155 e. The quantitative estimate of drug-likeness (QED) is 0.595. The fraction of sp³-hybridized carbons (Fsp3) is 1.00. The first kappa shape index (κ1) is 10.4. The average Bonchev–Trinajstić information content (AvgIpc) is 2.61. The van der Waals surface area contributed by atoms with Gasteiger partial charge in [0, 0.05) is 6.54 Å². The van der Waals surface area contributed by atoms with Gasteiger partial charge >= 0.3 is 0 Å². The maximum absolute atomic E-state index is 11.2. The SMILES string of the molecule is O=S1(=O)CC(O)C(OC2CCNC2)C1. The van der Waals surface area contributed by atoms with E-state index in [0.717, 1.165) is 19.5 Å². The van der Waals surface area contributed by atoms with Gasteiger partial charge in [-0.2, -0.15) is 0 Å². The van der Waals surface area contributed by atoms with Crippen molar-refractivity contribution in [1.82, 2.24) is 5.32 Å². The fourth-order valence-corrected chi connectivity index (χ4v) is 3.59. The lowest BCUT2D eigenvalue weighted by atomic mass is 10.2. The summed E-state index contributed by atoms with van der Waals surface area (Å²) in [4.78, 5) is 0. The van der Waals surface area contributed by atoms with Crippen LogP contribution in [0.5, 0.6) is 0 Å². The van der Waals surface area contributed by atoms with E-state index in [9.17, 15) is 13.5 Å². The summed E-state index contributed by atoms with van der Waals surface area (Å²) in [6.45, 7) is 1.66. The predicted octanol–water partition coefficient (Wildman–Crippen LogP) is -1.48. The van der Waals surface area contributed by atoms with Crippen molar-refractivity contribution in [1.29, 1.82) is 0 Å². The Morgan fingerprint density at radius 3 is 2.64 bits per heavy atom. The van der Waals surface area contributed by atoms with Gasteiger partial charge in [-0.1, -0.05) is 0 Å². The van der Waals surface area contributed by atoms with Crippen molar-refractivity contribution in [3.8, 4) is 0 Å². The zero-order chi connectivity index (χ0) is 10.2. The maximum atomic E-state index is 11.2. The third kappa shape index (κ3) is 2.25. The summed E-state index contributed by atoms with van der Waals surface area (Å²) in [5.41, 5.74) is 0. The van der Waals surface area contributed by atoms with Gasteiger partial charge in [-0.05, 0) is 13.0 Å². The van der Waals surface area contributed by atoms with Crippen molar-refractivity contribution in [2.45, 2.75) is 24.7 Å². The van der Waals surface area contributed by atoms with Crippen LogP contribution in [0.25, 0.3) is 0 Å². The maximum Gasteiger partial charge on any atom is 0.155 e. The van der Waals surface area contributed by atoms with Crippen LogP contribution in [0.15, 0.2) is 0 Å². The van der Waals surface area contributed by atoms with Crippen molar-refractivity contribution in [2.24, 2.45) is 0 Å². The van der Waals surface area contributed by atoms with E-state index < -0.39 is 22.0 Å². The minimum absolute atomic E-state index is 0.0370. The summed E-state index contributed by atoms with van der Waals surface area (Å²) < 4.78 is 27.9. The molecule has 2 N–H and O–H groups in total. The van der Waals surface area contributed by atoms with Gasteiger partial charge in [-0.3, -0.25) is 0 Å². The highest BCUT2D eigenvalue weighted by Crippen LogP contribution is 2.19. The van der Waals surface area contributed by atoms with Crippen molar-refractivity contribution in [3.63, 3.8) is 0 Å². The molecule has 0 aromatic heterocycles. The minimum Gasteiger partial charge on any atom is -0.389 e. The second-order valence-corrected chi connectivity index (χ2v) is 6.09. The van der Waals surface area contributed by atoms with Gasteiger partial charge in [0.25, 0.3) is 0 Å². The molecule has 2 rings (SSSR count). The first-order valence-electron chi connectivity index (χ1n) is 4.81. The van der Waals surface area contributed by atoms with Gasteiger partial charge < -0.3 is 15.2 Å². The summed E-state index contributed by atoms with van der Waals surface area (Å²) in [6.07, 6.45) is -0.419. The lowest BCUT2D eigenvalue weighted by Gasteiger charge is -2.18. The van der Waals surface area contributed by atoms with Crippen LogP contribution in [-0.2, 0) is 14.6 Å². The Morgan fingerprint density at radius 2 is 2.14 bits per heavy atom. The van der Waals surface area contributed by atoms with Crippen molar-refractivity contribution in [2.75, 3.05) is 24.6 Å². The Labute approximate surface area is 83.4 Å². The molecule has 2 aliphatic heterocycles. The molecule has 6 heteroatoms. The van der Waals surface area contributed by atoms with Crippen LogP contribution in [-0.4, -0.2) is 56.4 Å². The Hall–Kier alpha value is -0.170. The summed E-state index contributed by atoms with van der Waals surface area (Å²) in [5.74, 6) is -0.192. The predicted molar refractivity (Wildman–Crippen MR) is 50.8 cm³/mol. The highest BCUT2D eigenvalue weighted by Gasteiger charge is 2.38. The second kappa shape index (κ2) is 3.77. The molecule has 0 aromatic rings. The highest BCUT2D eigenvalue weighted by atomic mass is 32.2. The van der Waals surface area contributed by atoms with Crippen molar-refractivity contribution < 1.29 is 18.3 Å². The zero-order valence-electron chi connectivity index (χ0n) is 7.85. The van der Waals surface area contributed by atoms with Crippen LogP contribution in [0.4, 0.5) is 0 Å². The van der Waals surface area contributed by atoms with Gasteiger partial charge in [0.15, 0.2) is 9.84 Å². The van der Waals surface area contributed by atoms with Crippen LogP contribution < -0.4 is 5.32 Å². The zero-order valence-corrected chi connectivity index (χ0v) is 8.66. The van der Waals surface area contributed by atoms with Crippen LogP contribution in [0.2, 0.25) is 0 Å². The largest absolute Gasteiger partial charge is 0.389 e. The number of ether oxygens (including phenoxy) is 1. The van der Waals surface area contributed by atoms with Gasteiger partial charge in [-0.15, -0.1) is 0 Å². The van der Waals surface area contributed by atoms with Crippen LogP contribution in [0, 0.1) is 0 Å². The van der Waals surface area contributed by atoms with Gasteiger partial charge in [-0.25, -0.2) is 8.42 Å². The monoisotopic (exact) mass is 221 g/mol. The summed E-state index contributed by atoms with van der Waals surface area (Å²) in [5, 5.41) is 12.6. The van der Waals surface area contributed by atoms with Gasteiger partial charge in [0.1, 0.15) is 0 Å². The van der Waals surface area contributed by atoms with Crippen LogP contribution >= 0.6 is 0 Å². The lowest BCUT2D eigenvalue weighted by molar-refractivity contribution is -0.0444. The average molecular weight is 221 g/mol. The highest BCUT2D eigenvalue weighted by molar-refractivity contribution is 7.91. The molecule has 3 unspecified atom stereocenters. The summed E-state index contributed by atoms with van der Waals surface area (Å²) in [7, 11) is -3.08. The molecule has 2 saturated heterocycles. The number of hydrogen-bond acceptors (Lipinski definition) is 5. The molecule has 0 bridgehead atoms. The molecule has 0 aromatic carbocycles. The molecule has 0 spiro atoms. The molecule has 2 heterocycles. The van der Waals surface area contributed by atoms with Gasteiger partial charge in [0.05, 0.1) is 29.8 Å². The third-order valence-electron chi connectivity index (χ3n) is 2.65. The molecule has 0 saturated carbocycles. The Balaban J connectivity index is 1.92. The van der Waals surface area contributed by atoms with E-state index >= 15 is 0 Å². The number of hydrogen-bond donors (Lipinski definition) is 2. The molecule has 0 aliphatic carbocycles. The number of sulfone groups is 1. The molecule has 0 radical (unpaired) electrons. The van der Waals surface area contributed by atoms with E-state index in [1.54, 1.807) is 0 Å². The topological polar surface area (TPSA) is 75.6 Å². The first-order chi connectivity index (χ1) is 6.57. The standard InChI is InChI=1S/C8H15NO4S/c10-7-4-14(11,12)5-8(7)13-6-1-2-9-3-6/h6-10H,1-5H2. The molecule has 5 nitrogen and oxygen atoms in total. The van der Waals surface area contributed by atoms with E-state index in [2.05, 4.69) is 5.32 Å². The fourth-order valence-electron chi connectivity index (χ4n) is 1.92. The van der Waals surface area contributed by atoms with E-state index in [0.29, 0.717) is 0 Å². The van der Waals surface area contributed by atoms with Crippen molar-refractivity contribution >= 4 is 9.84 Å². The molecule has 2 aliphatic rings. The number of aliphatic hydroxyl groups is 1. The summed E-state index contributed by atoms with van der Waals surface area (Å²) >= 11 is 0. The van der Waals surface area contributed by atoms with Crippen molar-refractivity contribution in [3.05, 3.63) is 0 Å². The van der Waals surface area contributed by atoms with Crippen LogP contribution in [0.3, 0.4) is 0 Å². The molecule has 14 heavy (non-hydrogen) atoms. The molecule has 82 valence electrons. The second-order valence-electron chi connectivity index (χ2n) is 3.93. The number of aliphatic hydroxyl groups excluding tert-OH is 1. The Kier molecular flexibility index (Phi) is 2.79. The summed E-state index contributed by atoms with van der Waals surface area (Å²) in [6, 6.07) is 0. The number of nitrogens with one attached hydrogen (secondary N) is 1. The molecular formula is C8H15NO4S. The number of rotatable bonds is 2. The first-order valence-corrected chi connectivity index (χ1v) is 6.64. The minimum atomic E-state index is -3.08. The van der Waals surface area contributed by atoms with E-state index in [1.807, 2.05) is 0 Å². The Bertz CT molecular complexity index is 296. The molecule has 0 amide bonds. The molecule has 3 atom stereocenters. The van der Waals surface area contributed by atoms with Crippen LogP contribution in [0.1, 0.15) is 6.42 Å². The normalized spacial score (nSPS) is 41.6. The van der Waals surface area contributed by atoms with Gasteiger partial charge in [0.2, 0.25) is 0 Å². The Morgan fingerprint density at radius 1 is 1.36 bits per heavy atom. The van der Waals surface area contributed by atoms with E-state index in [1.165, 1.54) is 0 Å². The van der Waals surface area contributed by atoms with E-state index in [-0.39, 0.29) is 17.6 Å². The lowest BCUT2D eigenvalue weighted by Crippen LogP contribution is -2.32. The third-order valence-corrected chi connectivity index (χ3v) is 4.34. The molecule has 2 fully saturated rings.